The van der Waals surface area contributed by atoms with Crippen molar-refractivity contribution in [1.82, 2.24) is 10.6 Å². The molecule has 28 heavy (non-hydrogen) atoms. The number of hydrogen-bond donors (Lipinski definition) is 3. The summed E-state index contributed by atoms with van der Waals surface area (Å²) in [6.45, 7) is 5.49. The summed E-state index contributed by atoms with van der Waals surface area (Å²) in [5, 5.41) is 19.2. The SMILES string of the molecule is CC1=C(C(=O)Nc2cc(C)cc(C)c2)[C@@H](c2cccc([N+](=O)[O-])c2)NC(=O)N1. The molecule has 1 aliphatic heterocycles. The second-order valence-corrected chi connectivity index (χ2v) is 6.75. The second-order valence-electron chi connectivity index (χ2n) is 6.75. The fraction of sp³-hybridized carbons (Fsp3) is 0.200. The third kappa shape index (κ3) is 4.01. The Morgan fingerprint density at radius 2 is 1.79 bits per heavy atom. The zero-order chi connectivity index (χ0) is 20.4. The summed E-state index contributed by atoms with van der Waals surface area (Å²) in [7, 11) is 0. The summed E-state index contributed by atoms with van der Waals surface area (Å²) < 4.78 is 0. The normalized spacial score (nSPS) is 16.2. The number of urea groups is 1. The second kappa shape index (κ2) is 7.51. The number of carbonyl (C=O) groups is 2. The number of anilines is 1. The Kier molecular flexibility index (Phi) is 5.12. The van der Waals surface area contributed by atoms with Gasteiger partial charge >= 0.3 is 6.03 Å². The number of aryl methyl sites for hydroxylation is 2. The first-order valence-electron chi connectivity index (χ1n) is 8.67. The molecule has 1 aliphatic rings. The maximum absolute atomic E-state index is 13.0. The summed E-state index contributed by atoms with van der Waals surface area (Å²) in [6, 6.07) is 10.3. The lowest BCUT2D eigenvalue weighted by atomic mass is 9.94. The smallest absolute Gasteiger partial charge is 0.319 e. The number of rotatable bonds is 4. The fourth-order valence-electron chi connectivity index (χ4n) is 3.31. The molecule has 1 heterocycles. The number of nitrogens with one attached hydrogen (secondary N) is 3. The average molecular weight is 380 g/mol. The van der Waals surface area contributed by atoms with Crippen molar-refractivity contribution in [2.45, 2.75) is 26.8 Å². The maximum atomic E-state index is 13.0. The van der Waals surface area contributed by atoms with Crippen LogP contribution < -0.4 is 16.0 Å². The molecular formula is C20H20N4O4. The topological polar surface area (TPSA) is 113 Å². The largest absolute Gasteiger partial charge is 0.327 e. The number of nitro benzene ring substituents is 1. The number of allylic oxidation sites excluding steroid dienone is 1. The summed E-state index contributed by atoms with van der Waals surface area (Å²) in [6.07, 6.45) is 0. The van der Waals surface area contributed by atoms with Gasteiger partial charge in [-0.1, -0.05) is 18.2 Å². The van der Waals surface area contributed by atoms with E-state index in [2.05, 4.69) is 16.0 Å². The molecule has 1 atom stereocenters. The van der Waals surface area contributed by atoms with Gasteiger partial charge in [-0.3, -0.25) is 14.9 Å². The van der Waals surface area contributed by atoms with Crippen LogP contribution in [0.3, 0.4) is 0 Å². The number of carbonyl (C=O) groups excluding carboxylic acids is 2. The van der Waals surface area contributed by atoms with Crippen molar-refractivity contribution in [1.29, 1.82) is 0 Å². The highest BCUT2D eigenvalue weighted by molar-refractivity contribution is 6.06. The molecule has 8 heteroatoms. The van der Waals surface area contributed by atoms with Crippen molar-refractivity contribution in [2.24, 2.45) is 0 Å². The van der Waals surface area contributed by atoms with Crippen LogP contribution in [0.2, 0.25) is 0 Å². The van der Waals surface area contributed by atoms with Crippen LogP contribution in [0.1, 0.15) is 29.7 Å². The van der Waals surface area contributed by atoms with Gasteiger partial charge in [0.15, 0.2) is 0 Å². The van der Waals surface area contributed by atoms with Crippen LogP contribution in [0.4, 0.5) is 16.2 Å². The van der Waals surface area contributed by atoms with E-state index in [1.165, 1.54) is 18.2 Å². The molecule has 0 spiro atoms. The van der Waals surface area contributed by atoms with Gasteiger partial charge in [0.05, 0.1) is 16.5 Å². The molecule has 0 bridgehead atoms. The van der Waals surface area contributed by atoms with Crippen LogP contribution >= 0.6 is 0 Å². The fourth-order valence-corrected chi connectivity index (χ4v) is 3.31. The molecule has 3 rings (SSSR count). The Morgan fingerprint density at radius 1 is 1.11 bits per heavy atom. The molecular weight excluding hydrogens is 360 g/mol. The number of benzene rings is 2. The van der Waals surface area contributed by atoms with Gasteiger partial charge in [-0.25, -0.2) is 4.79 Å². The lowest BCUT2D eigenvalue weighted by Gasteiger charge is -2.28. The zero-order valence-corrected chi connectivity index (χ0v) is 15.7. The van der Waals surface area contributed by atoms with Crippen LogP contribution in [0, 0.1) is 24.0 Å². The van der Waals surface area contributed by atoms with E-state index in [0.717, 1.165) is 11.1 Å². The molecule has 0 fully saturated rings. The first-order valence-corrected chi connectivity index (χ1v) is 8.67. The molecule has 2 aromatic rings. The van der Waals surface area contributed by atoms with Crippen molar-refractivity contribution in [3.05, 3.63) is 80.5 Å². The number of non-ortho nitro benzene ring substituents is 1. The Balaban J connectivity index is 1.98. The molecule has 0 radical (unpaired) electrons. The molecule has 0 aliphatic carbocycles. The number of nitro groups is 1. The van der Waals surface area contributed by atoms with Crippen LogP contribution in [-0.4, -0.2) is 16.9 Å². The quantitative estimate of drug-likeness (QED) is 0.556. The molecule has 8 nitrogen and oxygen atoms in total. The zero-order valence-electron chi connectivity index (χ0n) is 15.7. The molecule has 3 amide bonds. The Labute approximate surface area is 161 Å². The number of nitrogens with zero attached hydrogens (tertiary/aromatic N) is 1. The van der Waals surface area contributed by atoms with Gasteiger partial charge in [-0.2, -0.15) is 0 Å². The lowest BCUT2D eigenvalue weighted by molar-refractivity contribution is -0.384. The van der Waals surface area contributed by atoms with E-state index in [1.54, 1.807) is 13.0 Å². The molecule has 0 aromatic heterocycles. The number of hydrogen-bond acceptors (Lipinski definition) is 4. The Bertz CT molecular complexity index is 993. The van der Waals surface area contributed by atoms with Crippen LogP contribution in [-0.2, 0) is 4.79 Å². The first-order chi connectivity index (χ1) is 13.2. The molecule has 0 saturated carbocycles. The van der Waals surface area contributed by atoms with E-state index in [4.69, 9.17) is 0 Å². The van der Waals surface area contributed by atoms with E-state index in [0.29, 0.717) is 22.5 Å². The summed E-state index contributed by atoms with van der Waals surface area (Å²) in [5.74, 6) is -0.397. The van der Waals surface area contributed by atoms with E-state index in [1.807, 2.05) is 32.0 Å². The monoisotopic (exact) mass is 380 g/mol. The van der Waals surface area contributed by atoms with Gasteiger partial charge in [-0.15, -0.1) is 0 Å². The van der Waals surface area contributed by atoms with Crippen molar-refractivity contribution in [3.8, 4) is 0 Å². The summed E-state index contributed by atoms with van der Waals surface area (Å²) in [5.41, 5.74) is 3.67. The van der Waals surface area contributed by atoms with Gasteiger partial charge in [-0.05, 0) is 49.6 Å². The molecule has 144 valence electrons. The standard InChI is InChI=1S/C20H20N4O4/c1-11-7-12(2)9-15(8-11)22-19(25)17-13(3)21-20(26)23-18(17)14-5-4-6-16(10-14)24(27)28/h4-10,18H,1-3H3,(H,22,25)(H2,21,23,26)/t18-/m1/s1. The van der Waals surface area contributed by atoms with Gasteiger partial charge in [0.25, 0.3) is 11.6 Å². The van der Waals surface area contributed by atoms with Gasteiger partial charge < -0.3 is 16.0 Å². The van der Waals surface area contributed by atoms with Crippen LogP contribution in [0.25, 0.3) is 0 Å². The molecule has 2 aromatic carbocycles. The minimum atomic E-state index is -0.806. The van der Waals surface area contributed by atoms with Crippen molar-refractivity contribution < 1.29 is 14.5 Å². The minimum absolute atomic E-state index is 0.114. The minimum Gasteiger partial charge on any atom is -0.327 e. The highest BCUT2D eigenvalue weighted by Gasteiger charge is 2.32. The van der Waals surface area contributed by atoms with Gasteiger partial charge in [0.2, 0.25) is 0 Å². The molecule has 0 saturated heterocycles. The van der Waals surface area contributed by atoms with E-state index in [9.17, 15) is 19.7 Å². The van der Waals surface area contributed by atoms with E-state index in [-0.39, 0.29) is 5.69 Å². The maximum Gasteiger partial charge on any atom is 0.319 e. The first kappa shape index (κ1) is 19.1. The Hall–Kier alpha value is -3.68. The Morgan fingerprint density at radius 3 is 2.43 bits per heavy atom. The lowest BCUT2D eigenvalue weighted by Crippen LogP contribution is -2.46. The molecule has 3 N–H and O–H groups in total. The van der Waals surface area contributed by atoms with Crippen molar-refractivity contribution in [3.63, 3.8) is 0 Å². The van der Waals surface area contributed by atoms with E-state index >= 15 is 0 Å². The predicted molar refractivity (Wildman–Crippen MR) is 105 cm³/mol. The third-order valence-corrected chi connectivity index (χ3v) is 4.41. The molecule has 0 unspecified atom stereocenters. The summed E-state index contributed by atoms with van der Waals surface area (Å²) >= 11 is 0. The summed E-state index contributed by atoms with van der Waals surface area (Å²) in [4.78, 5) is 35.6. The average Bonchev–Trinajstić information content (AvgIpc) is 2.60. The highest BCUT2D eigenvalue weighted by atomic mass is 16.6. The van der Waals surface area contributed by atoms with Crippen molar-refractivity contribution >= 4 is 23.3 Å². The van der Waals surface area contributed by atoms with Gasteiger partial charge in [0, 0.05) is 23.5 Å². The highest BCUT2D eigenvalue weighted by Crippen LogP contribution is 2.30. The predicted octanol–water partition coefficient (Wildman–Crippen LogP) is 3.48. The van der Waals surface area contributed by atoms with Crippen LogP contribution in [0.15, 0.2) is 53.7 Å². The van der Waals surface area contributed by atoms with Crippen molar-refractivity contribution in [2.75, 3.05) is 5.32 Å². The number of amides is 3. The van der Waals surface area contributed by atoms with Gasteiger partial charge in [0.1, 0.15) is 0 Å². The van der Waals surface area contributed by atoms with E-state index < -0.39 is 22.9 Å². The van der Waals surface area contributed by atoms with Crippen LogP contribution in [0.5, 0.6) is 0 Å². The third-order valence-electron chi connectivity index (χ3n) is 4.41.